The SMILES string of the molecule is CCN(CC)CCCOc1ccc(C2=NN(C(C)C)C(O)c3ccsc32)cc1. The number of hydrazone groups is 1. The summed E-state index contributed by atoms with van der Waals surface area (Å²) >= 11 is 1.62. The fraction of sp³-hybridized carbons (Fsp3) is 0.500. The van der Waals surface area contributed by atoms with Crippen molar-refractivity contribution in [3.8, 4) is 5.75 Å². The summed E-state index contributed by atoms with van der Waals surface area (Å²) in [7, 11) is 0. The lowest BCUT2D eigenvalue weighted by Crippen LogP contribution is -2.35. The lowest BCUT2D eigenvalue weighted by atomic mass is 10.0. The van der Waals surface area contributed by atoms with Crippen LogP contribution in [-0.4, -0.2) is 53.0 Å². The Labute approximate surface area is 172 Å². The van der Waals surface area contributed by atoms with Gasteiger partial charge in [0, 0.05) is 23.7 Å². The van der Waals surface area contributed by atoms with Gasteiger partial charge < -0.3 is 14.7 Å². The summed E-state index contributed by atoms with van der Waals surface area (Å²) in [6.45, 7) is 12.4. The number of ether oxygens (including phenoxy) is 1. The minimum absolute atomic E-state index is 0.117. The van der Waals surface area contributed by atoms with E-state index in [1.165, 1.54) is 0 Å². The predicted molar refractivity (Wildman–Crippen MR) is 116 cm³/mol. The number of fused-ring (bicyclic) bond motifs is 1. The number of hydrogen-bond acceptors (Lipinski definition) is 6. The second-order valence-corrected chi connectivity index (χ2v) is 8.17. The monoisotopic (exact) mass is 401 g/mol. The highest BCUT2D eigenvalue weighted by molar-refractivity contribution is 7.12. The number of thiophene rings is 1. The van der Waals surface area contributed by atoms with Gasteiger partial charge in [-0.3, -0.25) is 5.01 Å². The Kier molecular flexibility index (Phi) is 7.10. The molecular formula is C22H31N3O2S. The first-order chi connectivity index (χ1) is 13.5. The summed E-state index contributed by atoms with van der Waals surface area (Å²) in [6, 6.07) is 10.2. The normalized spacial score (nSPS) is 16.5. The van der Waals surface area contributed by atoms with Gasteiger partial charge in [0.15, 0.2) is 6.23 Å². The van der Waals surface area contributed by atoms with E-state index >= 15 is 0 Å². The molecule has 5 nitrogen and oxygen atoms in total. The first-order valence-corrected chi connectivity index (χ1v) is 11.0. The number of rotatable bonds is 9. The molecule has 0 amide bonds. The van der Waals surface area contributed by atoms with Crippen molar-refractivity contribution in [1.82, 2.24) is 9.91 Å². The molecule has 6 heteroatoms. The van der Waals surface area contributed by atoms with Crippen LogP contribution in [0.15, 0.2) is 40.8 Å². The van der Waals surface area contributed by atoms with Crippen LogP contribution >= 0.6 is 11.3 Å². The van der Waals surface area contributed by atoms with Crippen molar-refractivity contribution in [2.24, 2.45) is 5.10 Å². The number of aliphatic hydroxyl groups is 1. The number of nitrogens with zero attached hydrogens (tertiary/aromatic N) is 3. The molecule has 2 aromatic rings. The van der Waals surface area contributed by atoms with E-state index in [4.69, 9.17) is 9.84 Å². The lowest BCUT2D eigenvalue weighted by molar-refractivity contribution is -0.0195. The zero-order valence-corrected chi connectivity index (χ0v) is 18.1. The molecule has 28 heavy (non-hydrogen) atoms. The van der Waals surface area contributed by atoms with E-state index < -0.39 is 6.23 Å². The van der Waals surface area contributed by atoms with Crippen molar-refractivity contribution in [2.75, 3.05) is 26.2 Å². The summed E-state index contributed by atoms with van der Waals surface area (Å²) in [4.78, 5) is 3.44. The summed E-state index contributed by atoms with van der Waals surface area (Å²) in [5, 5.41) is 19.1. The number of aliphatic hydroxyl groups excluding tert-OH is 1. The van der Waals surface area contributed by atoms with Gasteiger partial charge in [0.05, 0.1) is 11.5 Å². The molecule has 1 aliphatic heterocycles. The van der Waals surface area contributed by atoms with E-state index in [9.17, 15) is 5.11 Å². The van der Waals surface area contributed by atoms with Gasteiger partial charge in [0.25, 0.3) is 0 Å². The Morgan fingerprint density at radius 1 is 1.18 bits per heavy atom. The van der Waals surface area contributed by atoms with E-state index in [1.807, 2.05) is 37.4 Å². The summed E-state index contributed by atoms with van der Waals surface area (Å²) in [5.41, 5.74) is 2.88. The zero-order valence-electron chi connectivity index (χ0n) is 17.3. The van der Waals surface area contributed by atoms with E-state index in [2.05, 4.69) is 30.9 Å². The molecule has 0 spiro atoms. The van der Waals surface area contributed by atoms with Crippen LogP contribution in [0.25, 0.3) is 0 Å². The second kappa shape index (κ2) is 9.54. The molecule has 0 aliphatic carbocycles. The van der Waals surface area contributed by atoms with E-state index in [1.54, 1.807) is 16.3 Å². The standard InChI is InChI=1S/C22H31N3O2S/c1-5-24(6-2)13-7-14-27-18-10-8-17(9-11-18)20-21-19(12-15-28-21)22(26)25(23-20)16(3)4/h8-12,15-16,22,26H,5-7,13-14H2,1-4H3. The van der Waals surface area contributed by atoms with Crippen molar-refractivity contribution in [3.05, 3.63) is 51.7 Å². The van der Waals surface area contributed by atoms with Crippen LogP contribution in [0.3, 0.4) is 0 Å². The van der Waals surface area contributed by atoms with Gasteiger partial charge in [-0.15, -0.1) is 11.3 Å². The Hall–Kier alpha value is -1.89. The Bertz CT molecular complexity index is 781. The smallest absolute Gasteiger partial charge is 0.170 e. The molecule has 0 saturated carbocycles. The molecule has 1 aliphatic rings. The van der Waals surface area contributed by atoms with Crippen molar-refractivity contribution >= 4 is 17.0 Å². The molecule has 0 fully saturated rings. The lowest BCUT2D eigenvalue weighted by Gasteiger charge is -2.33. The summed E-state index contributed by atoms with van der Waals surface area (Å²) in [5.74, 6) is 0.881. The van der Waals surface area contributed by atoms with Gasteiger partial charge in [-0.1, -0.05) is 13.8 Å². The fourth-order valence-corrected chi connectivity index (χ4v) is 4.32. The molecular weight excluding hydrogens is 370 g/mol. The Morgan fingerprint density at radius 3 is 2.54 bits per heavy atom. The molecule has 1 unspecified atom stereocenters. The second-order valence-electron chi connectivity index (χ2n) is 7.25. The minimum Gasteiger partial charge on any atom is -0.494 e. The van der Waals surface area contributed by atoms with E-state index in [-0.39, 0.29) is 6.04 Å². The van der Waals surface area contributed by atoms with Crippen LogP contribution in [0.2, 0.25) is 0 Å². The largest absolute Gasteiger partial charge is 0.494 e. The van der Waals surface area contributed by atoms with Crippen molar-refractivity contribution in [1.29, 1.82) is 0 Å². The molecule has 0 saturated heterocycles. The van der Waals surface area contributed by atoms with Crippen LogP contribution in [0.5, 0.6) is 5.75 Å². The third-order valence-corrected chi connectivity index (χ3v) is 6.03. The fourth-order valence-electron chi connectivity index (χ4n) is 3.39. The Balaban J connectivity index is 1.68. The maximum absolute atomic E-state index is 10.6. The molecule has 0 radical (unpaired) electrons. The van der Waals surface area contributed by atoms with Crippen LogP contribution in [-0.2, 0) is 0 Å². The van der Waals surface area contributed by atoms with Gasteiger partial charge >= 0.3 is 0 Å². The topological polar surface area (TPSA) is 48.3 Å². The molecule has 1 N–H and O–H groups in total. The molecule has 1 aromatic carbocycles. The maximum Gasteiger partial charge on any atom is 0.170 e. The van der Waals surface area contributed by atoms with Crippen molar-refractivity contribution < 1.29 is 9.84 Å². The highest BCUT2D eigenvalue weighted by Gasteiger charge is 2.30. The third kappa shape index (κ3) is 4.57. The van der Waals surface area contributed by atoms with Gasteiger partial charge in [0.2, 0.25) is 0 Å². The summed E-state index contributed by atoms with van der Waals surface area (Å²) in [6.07, 6.45) is 0.342. The maximum atomic E-state index is 10.6. The first-order valence-electron chi connectivity index (χ1n) is 10.1. The van der Waals surface area contributed by atoms with E-state index in [0.29, 0.717) is 0 Å². The molecule has 3 rings (SSSR count). The highest BCUT2D eigenvalue weighted by atomic mass is 32.1. The zero-order chi connectivity index (χ0) is 20.1. The van der Waals surface area contributed by atoms with Gasteiger partial charge in [-0.05, 0) is 69.1 Å². The van der Waals surface area contributed by atoms with Gasteiger partial charge in [-0.2, -0.15) is 5.10 Å². The molecule has 1 atom stereocenters. The Morgan fingerprint density at radius 2 is 1.89 bits per heavy atom. The van der Waals surface area contributed by atoms with Crippen LogP contribution in [0.1, 0.15) is 56.3 Å². The van der Waals surface area contributed by atoms with E-state index in [0.717, 1.165) is 60.1 Å². The minimum atomic E-state index is -0.682. The highest BCUT2D eigenvalue weighted by Crippen LogP contribution is 2.34. The average Bonchev–Trinajstić information content (AvgIpc) is 3.19. The molecule has 0 bridgehead atoms. The van der Waals surface area contributed by atoms with Crippen molar-refractivity contribution in [3.63, 3.8) is 0 Å². The summed E-state index contributed by atoms with van der Waals surface area (Å²) < 4.78 is 5.90. The molecule has 1 aromatic heterocycles. The first kappa shape index (κ1) is 20.8. The van der Waals surface area contributed by atoms with Crippen LogP contribution in [0, 0.1) is 0 Å². The molecule has 2 heterocycles. The van der Waals surface area contributed by atoms with Gasteiger partial charge in [0.1, 0.15) is 11.5 Å². The average molecular weight is 402 g/mol. The van der Waals surface area contributed by atoms with Crippen molar-refractivity contribution in [2.45, 2.75) is 46.4 Å². The third-order valence-electron chi connectivity index (χ3n) is 5.09. The number of hydrogen-bond donors (Lipinski definition) is 1. The van der Waals surface area contributed by atoms with Crippen LogP contribution < -0.4 is 4.74 Å². The quantitative estimate of drug-likeness (QED) is 0.636. The van der Waals surface area contributed by atoms with Crippen LogP contribution in [0.4, 0.5) is 0 Å². The van der Waals surface area contributed by atoms with Gasteiger partial charge in [-0.25, -0.2) is 0 Å². The number of benzene rings is 1. The predicted octanol–water partition coefficient (Wildman–Crippen LogP) is 4.33. The molecule has 152 valence electrons.